The molecule has 0 spiro atoms. The van der Waals surface area contributed by atoms with Crippen molar-refractivity contribution in [3.05, 3.63) is 35.4 Å². The van der Waals surface area contributed by atoms with Crippen LogP contribution in [0.4, 0.5) is 0 Å². The molecule has 0 atom stereocenters. The lowest BCUT2D eigenvalue weighted by atomic mass is 10.1. The molecule has 0 saturated carbocycles. The topological polar surface area (TPSA) is 58.4 Å². The van der Waals surface area contributed by atoms with Crippen molar-refractivity contribution < 1.29 is 4.79 Å². The normalized spacial score (nSPS) is 11.7. The van der Waals surface area contributed by atoms with Gasteiger partial charge in [-0.1, -0.05) is 29.8 Å². The summed E-state index contributed by atoms with van der Waals surface area (Å²) in [6, 6.07) is 8.49. The maximum atomic E-state index is 11.6. The van der Waals surface area contributed by atoms with Gasteiger partial charge >= 0.3 is 0 Å². The first-order valence-electron chi connectivity index (χ1n) is 6.60. The summed E-state index contributed by atoms with van der Waals surface area (Å²) in [4.78, 5) is 13.8. The van der Waals surface area contributed by atoms with Crippen molar-refractivity contribution in [2.75, 3.05) is 20.1 Å². The molecule has 1 rings (SSSR count). The fourth-order valence-corrected chi connectivity index (χ4v) is 1.67. The molecule has 0 aliphatic rings. The van der Waals surface area contributed by atoms with E-state index < -0.39 is 5.54 Å². The number of benzene rings is 1. The second-order valence-electron chi connectivity index (χ2n) is 5.70. The Hall–Kier alpha value is -1.39. The summed E-state index contributed by atoms with van der Waals surface area (Å²) in [5, 5.41) is 2.84. The number of hydrogen-bond acceptors (Lipinski definition) is 3. The molecule has 0 unspecified atom stereocenters. The zero-order chi connectivity index (χ0) is 14.5. The van der Waals surface area contributed by atoms with Gasteiger partial charge in [-0.15, -0.1) is 0 Å². The van der Waals surface area contributed by atoms with Gasteiger partial charge in [0.2, 0.25) is 5.91 Å². The van der Waals surface area contributed by atoms with Gasteiger partial charge in [0.1, 0.15) is 0 Å². The molecule has 0 aliphatic heterocycles. The molecule has 106 valence electrons. The standard InChI is InChI=1S/C15H25N3O/c1-12-5-7-13(8-6-12)11-18(4)10-9-17-14(19)15(2,3)16/h5-8H,9-11,16H2,1-4H3,(H,17,19). The van der Waals surface area contributed by atoms with E-state index in [4.69, 9.17) is 5.73 Å². The fraction of sp³-hybridized carbons (Fsp3) is 0.533. The van der Waals surface area contributed by atoms with E-state index in [2.05, 4.69) is 41.4 Å². The molecule has 0 aromatic heterocycles. The Morgan fingerprint density at radius 2 is 1.89 bits per heavy atom. The van der Waals surface area contributed by atoms with Crippen LogP contribution in [0.1, 0.15) is 25.0 Å². The predicted octanol–water partition coefficient (Wildman–Crippen LogP) is 1.28. The Labute approximate surface area is 116 Å². The Morgan fingerprint density at radius 3 is 2.42 bits per heavy atom. The number of aryl methyl sites for hydroxylation is 1. The number of nitrogens with one attached hydrogen (secondary N) is 1. The minimum absolute atomic E-state index is 0.115. The average molecular weight is 263 g/mol. The van der Waals surface area contributed by atoms with Gasteiger partial charge < -0.3 is 16.0 Å². The van der Waals surface area contributed by atoms with Crippen LogP contribution < -0.4 is 11.1 Å². The molecule has 0 radical (unpaired) electrons. The van der Waals surface area contributed by atoms with Crippen molar-refractivity contribution in [2.24, 2.45) is 5.73 Å². The van der Waals surface area contributed by atoms with Crippen molar-refractivity contribution in [2.45, 2.75) is 32.9 Å². The summed E-state index contributed by atoms with van der Waals surface area (Å²) < 4.78 is 0. The van der Waals surface area contributed by atoms with Crippen LogP contribution in [0.5, 0.6) is 0 Å². The fourth-order valence-electron chi connectivity index (χ4n) is 1.67. The summed E-state index contributed by atoms with van der Waals surface area (Å²) >= 11 is 0. The highest BCUT2D eigenvalue weighted by Gasteiger charge is 2.20. The molecule has 0 bridgehead atoms. The Morgan fingerprint density at radius 1 is 1.32 bits per heavy atom. The number of nitrogens with zero attached hydrogens (tertiary/aromatic N) is 1. The highest BCUT2D eigenvalue weighted by Crippen LogP contribution is 2.05. The molecule has 0 heterocycles. The van der Waals surface area contributed by atoms with Crippen LogP contribution >= 0.6 is 0 Å². The maximum absolute atomic E-state index is 11.6. The minimum atomic E-state index is -0.810. The van der Waals surface area contributed by atoms with E-state index in [-0.39, 0.29) is 5.91 Å². The molecule has 1 aromatic rings. The molecule has 0 aliphatic carbocycles. The van der Waals surface area contributed by atoms with Gasteiger partial charge in [0.15, 0.2) is 0 Å². The van der Waals surface area contributed by atoms with Crippen LogP contribution in [-0.2, 0) is 11.3 Å². The van der Waals surface area contributed by atoms with Gasteiger partial charge in [-0.05, 0) is 33.4 Å². The molecular weight excluding hydrogens is 238 g/mol. The largest absolute Gasteiger partial charge is 0.353 e. The van der Waals surface area contributed by atoms with Gasteiger partial charge in [0.25, 0.3) is 0 Å². The number of amides is 1. The smallest absolute Gasteiger partial charge is 0.239 e. The lowest BCUT2D eigenvalue weighted by Crippen LogP contribution is -2.50. The van der Waals surface area contributed by atoms with Crippen molar-refractivity contribution in [3.8, 4) is 0 Å². The average Bonchev–Trinajstić information content (AvgIpc) is 2.31. The number of hydrogen-bond donors (Lipinski definition) is 2. The van der Waals surface area contributed by atoms with Crippen molar-refractivity contribution in [3.63, 3.8) is 0 Å². The van der Waals surface area contributed by atoms with E-state index in [1.165, 1.54) is 11.1 Å². The zero-order valence-electron chi connectivity index (χ0n) is 12.4. The van der Waals surface area contributed by atoms with E-state index in [0.29, 0.717) is 6.54 Å². The van der Waals surface area contributed by atoms with Gasteiger partial charge in [0, 0.05) is 19.6 Å². The number of rotatable bonds is 6. The highest BCUT2D eigenvalue weighted by atomic mass is 16.2. The Kier molecular flexibility index (Phi) is 5.51. The van der Waals surface area contributed by atoms with Crippen LogP contribution in [0.15, 0.2) is 24.3 Å². The summed E-state index contributed by atoms with van der Waals surface area (Å²) in [7, 11) is 2.04. The third kappa shape index (κ3) is 5.85. The summed E-state index contributed by atoms with van der Waals surface area (Å²) in [5.74, 6) is -0.115. The number of carbonyl (C=O) groups excluding carboxylic acids is 1. The lowest BCUT2D eigenvalue weighted by molar-refractivity contribution is -0.125. The number of nitrogens with two attached hydrogens (primary N) is 1. The molecule has 4 heteroatoms. The maximum Gasteiger partial charge on any atom is 0.239 e. The third-order valence-electron chi connectivity index (χ3n) is 2.94. The zero-order valence-corrected chi connectivity index (χ0v) is 12.4. The first-order chi connectivity index (χ1) is 8.79. The molecule has 3 N–H and O–H groups in total. The van der Waals surface area contributed by atoms with Crippen LogP contribution in [0.25, 0.3) is 0 Å². The first kappa shape index (κ1) is 15.7. The second-order valence-corrected chi connectivity index (χ2v) is 5.70. The van der Waals surface area contributed by atoms with Crippen LogP contribution in [-0.4, -0.2) is 36.5 Å². The van der Waals surface area contributed by atoms with E-state index in [0.717, 1.165) is 13.1 Å². The van der Waals surface area contributed by atoms with E-state index in [1.807, 2.05) is 7.05 Å². The van der Waals surface area contributed by atoms with E-state index >= 15 is 0 Å². The SMILES string of the molecule is Cc1ccc(CN(C)CCNC(=O)C(C)(C)N)cc1. The molecule has 1 aromatic carbocycles. The summed E-state index contributed by atoms with van der Waals surface area (Å²) in [6.45, 7) is 7.79. The Balaban J connectivity index is 2.30. The Bertz CT molecular complexity index is 406. The van der Waals surface area contributed by atoms with Gasteiger partial charge in [-0.3, -0.25) is 4.79 Å². The van der Waals surface area contributed by atoms with Gasteiger partial charge in [-0.25, -0.2) is 0 Å². The van der Waals surface area contributed by atoms with Crippen LogP contribution in [0.2, 0.25) is 0 Å². The first-order valence-corrected chi connectivity index (χ1v) is 6.60. The molecule has 1 amide bonds. The molecular formula is C15H25N3O. The van der Waals surface area contributed by atoms with Gasteiger partial charge in [0.05, 0.1) is 5.54 Å². The molecule has 19 heavy (non-hydrogen) atoms. The van der Waals surface area contributed by atoms with Crippen molar-refractivity contribution >= 4 is 5.91 Å². The predicted molar refractivity (Wildman–Crippen MR) is 78.8 cm³/mol. The lowest BCUT2D eigenvalue weighted by Gasteiger charge is -2.20. The van der Waals surface area contributed by atoms with Crippen molar-refractivity contribution in [1.29, 1.82) is 0 Å². The third-order valence-corrected chi connectivity index (χ3v) is 2.94. The van der Waals surface area contributed by atoms with E-state index in [9.17, 15) is 4.79 Å². The molecule has 0 saturated heterocycles. The van der Waals surface area contributed by atoms with Gasteiger partial charge in [-0.2, -0.15) is 0 Å². The number of carbonyl (C=O) groups is 1. The van der Waals surface area contributed by atoms with Crippen molar-refractivity contribution in [1.82, 2.24) is 10.2 Å². The molecule has 0 fully saturated rings. The quantitative estimate of drug-likeness (QED) is 0.813. The molecule has 4 nitrogen and oxygen atoms in total. The van der Waals surface area contributed by atoms with E-state index in [1.54, 1.807) is 13.8 Å². The monoisotopic (exact) mass is 263 g/mol. The summed E-state index contributed by atoms with van der Waals surface area (Å²) in [6.07, 6.45) is 0. The number of likely N-dealkylation sites (N-methyl/N-ethyl adjacent to an activating group) is 1. The second kappa shape index (κ2) is 6.68. The van der Waals surface area contributed by atoms with Crippen LogP contribution in [0.3, 0.4) is 0 Å². The minimum Gasteiger partial charge on any atom is -0.353 e. The van der Waals surface area contributed by atoms with Crippen LogP contribution in [0, 0.1) is 6.92 Å². The summed E-state index contributed by atoms with van der Waals surface area (Å²) in [5.41, 5.74) is 7.44. The highest BCUT2D eigenvalue weighted by molar-refractivity contribution is 5.84.